The predicted molar refractivity (Wildman–Crippen MR) is 108 cm³/mol. The molecule has 0 radical (unpaired) electrons. The molecule has 0 saturated carbocycles. The highest BCUT2D eigenvalue weighted by molar-refractivity contribution is 6.20. The molecule has 0 atom stereocenters. The number of ketones is 1. The average Bonchev–Trinajstić information content (AvgIpc) is 2.74. The highest BCUT2D eigenvalue weighted by atomic mass is 16.5. The Bertz CT molecular complexity index is 1070. The van der Waals surface area contributed by atoms with Crippen molar-refractivity contribution in [1.29, 1.82) is 0 Å². The second-order valence-corrected chi connectivity index (χ2v) is 6.41. The summed E-state index contributed by atoms with van der Waals surface area (Å²) < 4.78 is 22.0. The van der Waals surface area contributed by atoms with Gasteiger partial charge in [-0.1, -0.05) is 30.3 Å². The first-order chi connectivity index (χ1) is 13.7. The summed E-state index contributed by atoms with van der Waals surface area (Å²) in [7, 11) is 4.68. The van der Waals surface area contributed by atoms with Crippen LogP contribution in [0.15, 0.2) is 54.1 Å². The molecular formula is C23H20O5. The fraction of sp³-hybridized carbons (Fsp3) is 0.174. The lowest BCUT2D eigenvalue weighted by Crippen LogP contribution is -2.19. The van der Waals surface area contributed by atoms with Gasteiger partial charge < -0.3 is 18.9 Å². The molecule has 0 fully saturated rings. The molecule has 1 aliphatic heterocycles. The number of carbonyl (C=O) groups excluding carboxylic acids is 1. The zero-order valence-corrected chi connectivity index (χ0v) is 15.9. The summed E-state index contributed by atoms with van der Waals surface area (Å²) in [6.45, 7) is 0.209. The molecule has 3 aromatic rings. The van der Waals surface area contributed by atoms with Crippen molar-refractivity contribution in [1.82, 2.24) is 0 Å². The third-order valence-corrected chi connectivity index (χ3v) is 4.82. The molecule has 0 aliphatic carbocycles. The van der Waals surface area contributed by atoms with E-state index in [9.17, 15) is 4.79 Å². The molecule has 28 heavy (non-hydrogen) atoms. The third-order valence-electron chi connectivity index (χ3n) is 4.82. The second kappa shape index (κ2) is 7.27. The van der Waals surface area contributed by atoms with Gasteiger partial charge in [0.05, 0.1) is 26.9 Å². The first-order valence-electron chi connectivity index (χ1n) is 8.86. The van der Waals surface area contributed by atoms with E-state index in [2.05, 4.69) is 0 Å². The summed E-state index contributed by atoms with van der Waals surface area (Å²) in [6.07, 6.45) is 1.80. The normalized spacial score (nSPS) is 14.5. The third kappa shape index (κ3) is 2.95. The SMILES string of the molecule is COc1cc(/C=C2\COc3ccc4ccccc4c3C2=O)cc(OC)c1OC. The standard InChI is InChI=1S/C23H20O5/c1-25-19-11-14(12-20(26-2)23(19)27-3)10-16-13-28-18-9-8-15-6-4-5-7-17(15)21(18)22(16)24/h4-12H,13H2,1-3H3/b16-10+. The quantitative estimate of drug-likeness (QED) is 0.627. The summed E-state index contributed by atoms with van der Waals surface area (Å²) in [6, 6.07) is 15.2. The van der Waals surface area contributed by atoms with Crippen LogP contribution in [-0.4, -0.2) is 33.7 Å². The van der Waals surface area contributed by atoms with Gasteiger partial charge in [0.1, 0.15) is 12.4 Å². The Kier molecular flexibility index (Phi) is 4.65. The van der Waals surface area contributed by atoms with E-state index in [1.54, 1.807) is 39.5 Å². The number of hydrogen-bond acceptors (Lipinski definition) is 5. The Hall–Kier alpha value is -3.47. The lowest BCUT2D eigenvalue weighted by atomic mass is 9.93. The summed E-state index contributed by atoms with van der Waals surface area (Å²) in [5, 5.41) is 1.90. The number of Topliss-reactive ketones (excluding diaryl/α,β-unsaturated/α-hetero) is 1. The monoisotopic (exact) mass is 376 g/mol. The van der Waals surface area contributed by atoms with Crippen LogP contribution in [0.3, 0.4) is 0 Å². The average molecular weight is 376 g/mol. The molecule has 0 aromatic heterocycles. The van der Waals surface area contributed by atoms with Crippen LogP contribution in [0.25, 0.3) is 16.8 Å². The van der Waals surface area contributed by atoms with Gasteiger partial charge in [-0.05, 0) is 40.6 Å². The van der Waals surface area contributed by atoms with Crippen molar-refractivity contribution < 1.29 is 23.7 Å². The molecule has 0 saturated heterocycles. The van der Waals surface area contributed by atoms with E-state index in [4.69, 9.17) is 18.9 Å². The van der Waals surface area contributed by atoms with Gasteiger partial charge in [-0.3, -0.25) is 4.79 Å². The van der Waals surface area contributed by atoms with E-state index in [1.165, 1.54) is 0 Å². The van der Waals surface area contributed by atoms with Crippen LogP contribution in [0.4, 0.5) is 0 Å². The molecule has 0 bridgehead atoms. The van der Waals surface area contributed by atoms with E-state index in [0.29, 0.717) is 34.1 Å². The zero-order chi connectivity index (χ0) is 19.7. The molecule has 3 aromatic carbocycles. The largest absolute Gasteiger partial charge is 0.493 e. The minimum atomic E-state index is -0.0354. The highest BCUT2D eigenvalue weighted by Crippen LogP contribution is 2.39. The van der Waals surface area contributed by atoms with E-state index in [-0.39, 0.29) is 12.4 Å². The van der Waals surface area contributed by atoms with Crippen molar-refractivity contribution >= 4 is 22.6 Å². The fourth-order valence-corrected chi connectivity index (χ4v) is 3.48. The van der Waals surface area contributed by atoms with Crippen LogP contribution in [0.5, 0.6) is 23.0 Å². The van der Waals surface area contributed by atoms with Gasteiger partial charge in [-0.15, -0.1) is 0 Å². The lowest BCUT2D eigenvalue weighted by Gasteiger charge is -2.21. The van der Waals surface area contributed by atoms with Gasteiger partial charge in [-0.2, -0.15) is 0 Å². The molecule has 1 heterocycles. The van der Waals surface area contributed by atoms with Crippen molar-refractivity contribution in [2.75, 3.05) is 27.9 Å². The molecule has 0 amide bonds. The maximum absolute atomic E-state index is 13.2. The smallest absolute Gasteiger partial charge is 0.203 e. The molecular weight excluding hydrogens is 356 g/mol. The Morgan fingerprint density at radius 3 is 2.32 bits per heavy atom. The lowest BCUT2D eigenvalue weighted by molar-refractivity contribution is 0.100. The van der Waals surface area contributed by atoms with Gasteiger partial charge in [0.25, 0.3) is 0 Å². The Balaban J connectivity index is 1.81. The predicted octanol–water partition coefficient (Wildman–Crippen LogP) is 4.52. The highest BCUT2D eigenvalue weighted by Gasteiger charge is 2.26. The van der Waals surface area contributed by atoms with Gasteiger partial charge in [0, 0.05) is 5.57 Å². The van der Waals surface area contributed by atoms with E-state index >= 15 is 0 Å². The topological polar surface area (TPSA) is 54.0 Å². The number of benzene rings is 3. The van der Waals surface area contributed by atoms with E-state index in [1.807, 2.05) is 36.4 Å². The van der Waals surface area contributed by atoms with Crippen LogP contribution in [0.2, 0.25) is 0 Å². The Morgan fingerprint density at radius 1 is 0.929 bits per heavy atom. The summed E-state index contributed by atoms with van der Waals surface area (Å²) in [4.78, 5) is 13.2. The number of fused-ring (bicyclic) bond motifs is 3. The molecule has 4 rings (SSSR count). The van der Waals surface area contributed by atoms with Crippen molar-refractivity contribution in [3.05, 3.63) is 65.2 Å². The fourth-order valence-electron chi connectivity index (χ4n) is 3.48. The molecule has 0 N–H and O–H groups in total. The van der Waals surface area contributed by atoms with Gasteiger partial charge in [-0.25, -0.2) is 0 Å². The molecule has 0 unspecified atom stereocenters. The van der Waals surface area contributed by atoms with Crippen molar-refractivity contribution in [3.8, 4) is 23.0 Å². The van der Waals surface area contributed by atoms with Crippen molar-refractivity contribution in [2.24, 2.45) is 0 Å². The number of hydrogen-bond donors (Lipinski definition) is 0. The second-order valence-electron chi connectivity index (χ2n) is 6.41. The molecule has 0 spiro atoms. The Morgan fingerprint density at radius 2 is 1.64 bits per heavy atom. The number of ether oxygens (including phenoxy) is 4. The van der Waals surface area contributed by atoms with Crippen LogP contribution in [0, 0.1) is 0 Å². The van der Waals surface area contributed by atoms with Crippen LogP contribution in [-0.2, 0) is 0 Å². The van der Waals surface area contributed by atoms with Crippen molar-refractivity contribution in [2.45, 2.75) is 0 Å². The van der Waals surface area contributed by atoms with Gasteiger partial charge in [0.15, 0.2) is 17.3 Å². The number of carbonyl (C=O) groups is 1. The summed E-state index contributed by atoms with van der Waals surface area (Å²) in [5.74, 6) is 2.15. The molecule has 5 nitrogen and oxygen atoms in total. The summed E-state index contributed by atoms with van der Waals surface area (Å²) in [5.41, 5.74) is 1.94. The molecule has 5 heteroatoms. The van der Waals surface area contributed by atoms with Crippen LogP contribution >= 0.6 is 0 Å². The first kappa shape index (κ1) is 17.9. The van der Waals surface area contributed by atoms with Gasteiger partial charge in [0.2, 0.25) is 5.75 Å². The number of methoxy groups -OCH3 is 3. The van der Waals surface area contributed by atoms with Crippen LogP contribution in [0.1, 0.15) is 15.9 Å². The zero-order valence-electron chi connectivity index (χ0n) is 15.9. The minimum Gasteiger partial charge on any atom is -0.493 e. The maximum atomic E-state index is 13.2. The van der Waals surface area contributed by atoms with Crippen molar-refractivity contribution in [3.63, 3.8) is 0 Å². The van der Waals surface area contributed by atoms with Crippen LogP contribution < -0.4 is 18.9 Å². The molecule has 1 aliphatic rings. The Labute approximate surface area is 163 Å². The summed E-state index contributed by atoms with van der Waals surface area (Å²) >= 11 is 0. The van der Waals surface area contributed by atoms with E-state index in [0.717, 1.165) is 16.3 Å². The van der Waals surface area contributed by atoms with Gasteiger partial charge >= 0.3 is 0 Å². The van der Waals surface area contributed by atoms with E-state index < -0.39 is 0 Å². The first-order valence-corrected chi connectivity index (χ1v) is 8.86. The number of rotatable bonds is 4. The molecule has 142 valence electrons. The maximum Gasteiger partial charge on any atom is 0.203 e. The minimum absolute atomic E-state index is 0.0354.